The SMILES string of the molecule is CCCNC(=O)c1ccc(NC(=O)c2ccc(-n3nc(C)cc3C)nc2)cc1Cl. The van der Waals surface area contributed by atoms with Crippen LogP contribution in [0.25, 0.3) is 5.82 Å². The summed E-state index contributed by atoms with van der Waals surface area (Å²) >= 11 is 6.20. The summed E-state index contributed by atoms with van der Waals surface area (Å²) in [4.78, 5) is 28.9. The van der Waals surface area contributed by atoms with Crippen LogP contribution in [0.2, 0.25) is 5.02 Å². The Morgan fingerprint density at radius 1 is 1.10 bits per heavy atom. The molecule has 2 N–H and O–H groups in total. The lowest BCUT2D eigenvalue weighted by molar-refractivity contribution is 0.0953. The predicted octanol–water partition coefficient (Wildman–Crippen LogP) is 3.93. The number of aryl methyl sites for hydroxylation is 2. The van der Waals surface area contributed by atoms with Crippen LogP contribution < -0.4 is 10.6 Å². The molecule has 0 bridgehead atoms. The summed E-state index contributed by atoms with van der Waals surface area (Å²) in [5.41, 5.74) is 3.12. The molecule has 8 heteroatoms. The number of benzene rings is 1. The number of nitrogens with one attached hydrogen (secondary N) is 2. The van der Waals surface area contributed by atoms with Gasteiger partial charge in [0.25, 0.3) is 11.8 Å². The van der Waals surface area contributed by atoms with Gasteiger partial charge in [0.05, 0.1) is 21.8 Å². The first kappa shape index (κ1) is 20.5. The zero-order valence-electron chi connectivity index (χ0n) is 16.5. The molecule has 0 aliphatic heterocycles. The number of amides is 2. The van der Waals surface area contributed by atoms with E-state index >= 15 is 0 Å². The van der Waals surface area contributed by atoms with Crippen molar-refractivity contribution < 1.29 is 9.59 Å². The summed E-state index contributed by atoms with van der Waals surface area (Å²) < 4.78 is 1.72. The monoisotopic (exact) mass is 411 g/mol. The smallest absolute Gasteiger partial charge is 0.257 e. The summed E-state index contributed by atoms with van der Waals surface area (Å²) in [6.07, 6.45) is 2.33. The van der Waals surface area contributed by atoms with Crippen molar-refractivity contribution in [3.63, 3.8) is 0 Å². The molecule has 0 spiro atoms. The van der Waals surface area contributed by atoms with Gasteiger partial charge in [0.15, 0.2) is 5.82 Å². The molecule has 29 heavy (non-hydrogen) atoms. The standard InChI is InChI=1S/C21H22ClN5O2/c1-4-9-23-21(29)17-7-6-16(11-18(17)22)25-20(28)15-5-8-19(24-12-15)27-14(3)10-13(2)26-27/h5-8,10-12H,4,9H2,1-3H3,(H,23,29)(H,25,28). The Labute approximate surface area is 174 Å². The summed E-state index contributed by atoms with van der Waals surface area (Å²) in [5, 5.41) is 10.2. The average Bonchev–Trinajstić information content (AvgIpc) is 3.04. The van der Waals surface area contributed by atoms with E-state index in [1.807, 2.05) is 26.8 Å². The van der Waals surface area contributed by atoms with E-state index in [0.29, 0.717) is 29.2 Å². The van der Waals surface area contributed by atoms with Gasteiger partial charge in [0.2, 0.25) is 0 Å². The minimum absolute atomic E-state index is 0.237. The molecule has 3 rings (SSSR count). The van der Waals surface area contributed by atoms with Gasteiger partial charge in [0, 0.05) is 24.1 Å². The Balaban J connectivity index is 1.71. The van der Waals surface area contributed by atoms with Crippen molar-refractivity contribution in [1.82, 2.24) is 20.1 Å². The third kappa shape index (κ3) is 4.81. The van der Waals surface area contributed by atoms with Crippen LogP contribution in [-0.2, 0) is 0 Å². The summed E-state index contributed by atoms with van der Waals surface area (Å²) in [7, 11) is 0. The minimum Gasteiger partial charge on any atom is -0.352 e. The van der Waals surface area contributed by atoms with Crippen molar-refractivity contribution in [3.8, 4) is 5.82 Å². The lowest BCUT2D eigenvalue weighted by Crippen LogP contribution is -2.24. The zero-order chi connectivity index (χ0) is 21.0. The first-order valence-electron chi connectivity index (χ1n) is 9.28. The molecule has 0 unspecified atom stereocenters. The first-order chi connectivity index (χ1) is 13.9. The molecule has 150 valence electrons. The van der Waals surface area contributed by atoms with Crippen LogP contribution in [0.15, 0.2) is 42.6 Å². The lowest BCUT2D eigenvalue weighted by atomic mass is 10.1. The van der Waals surface area contributed by atoms with E-state index in [4.69, 9.17) is 11.6 Å². The van der Waals surface area contributed by atoms with Crippen molar-refractivity contribution in [2.75, 3.05) is 11.9 Å². The van der Waals surface area contributed by atoms with Gasteiger partial charge in [0.1, 0.15) is 0 Å². The quantitative estimate of drug-likeness (QED) is 0.643. The van der Waals surface area contributed by atoms with Crippen LogP contribution in [0.3, 0.4) is 0 Å². The van der Waals surface area contributed by atoms with Crippen molar-refractivity contribution in [3.05, 3.63) is 70.1 Å². The number of carbonyl (C=O) groups is 2. The highest BCUT2D eigenvalue weighted by Crippen LogP contribution is 2.21. The van der Waals surface area contributed by atoms with Crippen LogP contribution in [-0.4, -0.2) is 33.1 Å². The second-order valence-corrected chi connectivity index (χ2v) is 7.06. The average molecular weight is 412 g/mol. The molecule has 2 heterocycles. The molecular formula is C21H22ClN5O2. The molecule has 0 fully saturated rings. The number of rotatable bonds is 6. The number of carbonyl (C=O) groups excluding carboxylic acids is 2. The Bertz CT molecular complexity index is 1040. The third-order valence-corrected chi connectivity index (χ3v) is 4.56. The molecule has 0 aliphatic carbocycles. The molecule has 0 saturated carbocycles. The van der Waals surface area contributed by atoms with Crippen molar-refractivity contribution in [2.24, 2.45) is 0 Å². The second-order valence-electron chi connectivity index (χ2n) is 6.65. The van der Waals surface area contributed by atoms with E-state index in [1.165, 1.54) is 6.20 Å². The predicted molar refractivity (Wildman–Crippen MR) is 113 cm³/mol. The van der Waals surface area contributed by atoms with Gasteiger partial charge >= 0.3 is 0 Å². The first-order valence-corrected chi connectivity index (χ1v) is 9.65. The normalized spacial score (nSPS) is 10.6. The van der Waals surface area contributed by atoms with E-state index in [9.17, 15) is 9.59 Å². The number of aromatic nitrogens is 3. The van der Waals surface area contributed by atoms with Gasteiger partial charge in [-0.15, -0.1) is 0 Å². The Hall–Kier alpha value is -3.19. The summed E-state index contributed by atoms with van der Waals surface area (Å²) in [6, 6.07) is 10.2. The number of anilines is 1. The van der Waals surface area contributed by atoms with Gasteiger partial charge in [-0.2, -0.15) is 5.10 Å². The summed E-state index contributed by atoms with van der Waals surface area (Å²) in [5.74, 6) is 0.0768. The number of nitrogens with zero attached hydrogens (tertiary/aromatic N) is 3. The fourth-order valence-electron chi connectivity index (χ4n) is 2.82. The molecule has 0 saturated heterocycles. The molecule has 0 aliphatic rings. The molecular weight excluding hydrogens is 390 g/mol. The Morgan fingerprint density at radius 3 is 2.48 bits per heavy atom. The maximum atomic E-state index is 12.5. The fourth-order valence-corrected chi connectivity index (χ4v) is 3.09. The van der Waals surface area contributed by atoms with E-state index in [2.05, 4.69) is 20.7 Å². The highest BCUT2D eigenvalue weighted by molar-refractivity contribution is 6.34. The minimum atomic E-state index is -0.323. The van der Waals surface area contributed by atoms with E-state index < -0.39 is 0 Å². The molecule has 2 amide bonds. The molecule has 0 radical (unpaired) electrons. The lowest BCUT2D eigenvalue weighted by Gasteiger charge is -2.09. The largest absolute Gasteiger partial charge is 0.352 e. The number of halogens is 1. The highest BCUT2D eigenvalue weighted by atomic mass is 35.5. The number of hydrogen-bond donors (Lipinski definition) is 2. The maximum Gasteiger partial charge on any atom is 0.257 e. The highest BCUT2D eigenvalue weighted by Gasteiger charge is 2.13. The van der Waals surface area contributed by atoms with E-state index in [1.54, 1.807) is 35.0 Å². The van der Waals surface area contributed by atoms with Gasteiger partial charge in [-0.05, 0) is 56.7 Å². The molecule has 0 atom stereocenters. The maximum absolute atomic E-state index is 12.5. The Morgan fingerprint density at radius 2 is 1.90 bits per heavy atom. The topological polar surface area (TPSA) is 88.9 Å². The number of hydrogen-bond acceptors (Lipinski definition) is 4. The van der Waals surface area contributed by atoms with Crippen molar-refractivity contribution in [2.45, 2.75) is 27.2 Å². The van der Waals surface area contributed by atoms with Crippen LogP contribution in [0.5, 0.6) is 0 Å². The molecule has 3 aromatic rings. The van der Waals surface area contributed by atoms with Crippen molar-refractivity contribution in [1.29, 1.82) is 0 Å². The van der Waals surface area contributed by atoms with Crippen LogP contribution >= 0.6 is 11.6 Å². The van der Waals surface area contributed by atoms with Gasteiger partial charge in [-0.25, -0.2) is 9.67 Å². The third-order valence-electron chi connectivity index (χ3n) is 4.24. The molecule has 7 nitrogen and oxygen atoms in total. The second kappa shape index (κ2) is 8.87. The van der Waals surface area contributed by atoms with E-state index in [-0.39, 0.29) is 16.8 Å². The molecule has 1 aromatic carbocycles. The zero-order valence-corrected chi connectivity index (χ0v) is 17.2. The van der Waals surface area contributed by atoms with Gasteiger partial charge in [-0.3, -0.25) is 9.59 Å². The van der Waals surface area contributed by atoms with Crippen LogP contribution in [0.4, 0.5) is 5.69 Å². The van der Waals surface area contributed by atoms with Gasteiger partial charge in [-0.1, -0.05) is 18.5 Å². The summed E-state index contributed by atoms with van der Waals surface area (Å²) in [6.45, 7) is 6.40. The fraction of sp³-hybridized carbons (Fsp3) is 0.238. The Kier molecular flexibility index (Phi) is 6.29. The number of pyridine rings is 1. The van der Waals surface area contributed by atoms with Crippen LogP contribution in [0.1, 0.15) is 45.4 Å². The molecule has 2 aromatic heterocycles. The van der Waals surface area contributed by atoms with Gasteiger partial charge < -0.3 is 10.6 Å². The van der Waals surface area contributed by atoms with Crippen molar-refractivity contribution >= 4 is 29.1 Å². The van der Waals surface area contributed by atoms with E-state index in [0.717, 1.165) is 17.8 Å². The van der Waals surface area contributed by atoms with Crippen LogP contribution in [0, 0.1) is 13.8 Å².